The molecule has 3 nitrogen and oxygen atoms in total. The molecule has 1 aliphatic carbocycles. The van der Waals surface area contributed by atoms with Crippen molar-refractivity contribution in [3.05, 3.63) is 22.9 Å². The summed E-state index contributed by atoms with van der Waals surface area (Å²) in [5.74, 6) is 0.471. The number of hydrogen-bond acceptors (Lipinski definition) is 3. The molecule has 0 radical (unpaired) electrons. The highest BCUT2D eigenvalue weighted by molar-refractivity contribution is 5.43. The number of nitrogens with zero attached hydrogens (tertiary/aromatic N) is 2. The van der Waals surface area contributed by atoms with Gasteiger partial charge in [-0.25, -0.2) is 4.98 Å². The molecule has 1 heterocycles. The summed E-state index contributed by atoms with van der Waals surface area (Å²) < 4.78 is 5.11. The minimum absolute atomic E-state index is 0.471. The summed E-state index contributed by atoms with van der Waals surface area (Å²) in [4.78, 5) is 4.42. The predicted octanol–water partition coefficient (Wildman–Crippen LogP) is 2.23. The zero-order valence-corrected chi connectivity index (χ0v) is 8.92. The molecule has 0 unspecified atom stereocenters. The van der Waals surface area contributed by atoms with Gasteiger partial charge in [0.25, 0.3) is 0 Å². The molecule has 78 valence electrons. The fraction of sp³-hybridized carbons (Fsp3) is 0.500. The molecule has 0 atom stereocenters. The normalized spacial score (nSPS) is 14.9. The van der Waals surface area contributed by atoms with Crippen LogP contribution in [0.5, 0.6) is 5.88 Å². The maximum atomic E-state index is 8.95. The van der Waals surface area contributed by atoms with Crippen LogP contribution in [0.4, 0.5) is 0 Å². The Kier molecular flexibility index (Phi) is 2.86. The van der Waals surface area contributed by atoms with Gasteiger partial charge in [-0.05, 0) is 37.3 Å². The third-order valence-corrected chi connectivity index (χ3v) is 2.83. The molecule has 0 saturated carbocycles. The second-order valence-electron chi connectivity index (χ2n) is 3.82. The molecule has 15 heavy (non-hydrogen) atoms. The van der Waals surface area contributed by atoms with Crippen LogP contribution in [0.1, 0.15) is 36.1 Å². The van der Waals surface area contributed by atoms with E-state index in [2.05, 4.69) is 11.1 Å². The van der Waals surface area contributed by atoms with Crippen LogP contribution < -0.4 is 4.74 Å². The van der Waals surface area contributed by atoms with Gasteiger partial charge in [0.15, 0.2) is 0 Å². The van der Waals surface area contributed by atoms with Gasteiger partial charge in [-0.15, -0.1) is 0 Å². The third kappa shape index (κ3) is 1.94. The van der Waals surface area contributed by atoms with E-state index in [0.717, 1.165) is 18.5 Å². The number of aryl methyl sites for hydroxylation is 2. The number of hydrogen-bond donors (Lipinski definition) is 0. The molecule has 0 aliphatic heterocycles. The summed E-state index contributed by atoms with van der Waals surface area (Å²) in [5.41, 5.74) is 2.89. The molecule has 2 rings (SSSR count). The molecule has 1 aliphatic rings. The molecule has 0 spiro atoms. The topological polar surface area (TPSA) is 45.9 Å². The maximum absolute atomic E-state index is 8.95. The quantitative estimate of drug-likeness (QED) is 0.656. The first-order valence-electron chi connectivity index (χ1n) is 5.32. The lowest BCUT2D eigenvalue weighted by molar-refractivity contribution is 0.394. The number of pyridine rings is 1. The lowest BCUT2D eigenvalue weighted by atomic mass is 10.1. The molecule has 0 aromatic carbocycles. The SMILES string of the molecule is COc1nc2c(cc1C#N)CCCCC2. The van der Waals surface area contributed by atoms with Gasteiger partial charge in [0.1, 0.15) is 11.6 Å². The molecular weight excluding hydrogens is 188 g/mol. The van der Waals surface area contributed by atoms with Crippen molar-refractivity contribution < 1.29 is 4.74 Å². The first-order chi connectivity index (χ1) is 7.35. The van der Waals surface area contributed by atoms with Gasteiger partial charge in [-0.1, -0.05) is 6.42 Å². The standard InChI is InChI=1S/C12H14N2O/c1-15-12-10(8-13)7-9-5-3-2-4-6-11(9)14-12/h7H,2-6H2,1H3. The molecule has 0 fully saturated rings. The lowest BCUT2D eigenvalue weighted by Crippen LogP contribution is -2.01. The fourth-order valence-corrected chi connectivity index (χ4v) is 2.03. The van der Waals surface area contributed by atoms with Crippen molar-refractivity contribution >= 4 is 0 Å². The Labute approximate surface area is 89.7 Å². The van der Waals surface area contributed by atoms with E-state index in [-0.39, 0.29) is 0 Å². The Morgan fingerprint density at radius 1 is 1.33 bits per heavy atom. The summed E-state index contributed by atoms with van der Waals surface area (Å²) in [6.07, 6.45) is 5.69. The zero-order chi connectivity index (χ0) is 10.7. The molecule has 0 N–H and O–H groups in total. The molecule has 0 saturated heterocycles. The highest BCUT2D eigenvalue weighted by Gasteiger charge is 2.14. The van der Waals surface area contributed by atoms with E-state index in [4.69, 9.17) is 10.00 Å². The average molecular weight is 202 g/mol. The number of fused-ring (bicyclic) bond motifs is 1. The third-order valence-electron chi connectivity index (χ3n) is 2.83. The van der Waals surface area contributed by atoms with E-state index in [1.54, 1.807) is 7.11 Å². The summed E-state index contributed by atoms with van der Waals surface area (Å²) >= 11 is 0. The minimum Gasteiger partial charge on any atom is -0.480 e. The summed E-state index contributed by atoms with van der Waals surface area (Å²) in [6.45, 7) is 0. The van der Waals surface area contributed by atoms with Gasteiger partial charge in [-0.3, -0.25) is 0 Å². The lowest BCUT2D eigenvalue weighted by Gasteiger charge is -2.08. The number of ether oxygens (including phenoxy) is 1. The molecular formula is C12H14N2O. The second kappa shape index (κ2) is 4.31. The second-order valence-corrected chi connectivity index (χ2v) is 3.82. The van der Waals surface area contributed by atoms with Crippen LogP contribution in [-0.2, 0) is 12.8 Å². The number of nitriles is 1. The monoisotopic (exact) mass is 202 g/mol. The van der Waals surface area contributed by atoms with Crippen LogP contribution in [-0.4, -0.2) is 12.1 Å². The Morgan fingerprint density at radius 2 is 2.13 bits per heavy atom. The van der Waals surface area contributed by atoms with Gasteiger partial charge in [0, 0.05) is 5.69 Å². The van der Waals surface area contributed by atoms with E-state index in [9.17, 15) is 0 Å². The van der Waals surface area contributed by atoms with Crippen molar-refractivity contribution in [1.82, 2.24) is 4.98 Å². The molecule has 1 aromatic heterocycles. The molecule has 3 heteroatoms. The van der Waals surface area contributed by atoms with Crippen LogP contribution in [0.15, 0.2) is 6.07 Å². The average Bonchev–Trinajstić information content (AvgIpc) is 2.51. The first kappa shape index (κ1) is 9.97. The Balaban J connectivity index is 2.47. The van der Waals surface area contributed by atoms with Gasteiger partial charge in [0.2, 0.25) is 5.88 Å². The van der Waals surface area contributed by atoms with Crippen LogP contribution >= 0.6 is 0 Å². The molecule has 0 bridgehead atoms. The van der Waals surface area contributed by atoms with Crippen LogP contribution in [0.2, 0.25) is 0 Å². The van der Waals surface area contributed by atoms with Gasteiger partial charge < -0.3 is 4.74 Å². The summed E-state index contributed by atoms with van der Waals surface area (Å²) in [6, 6.07) is 4.07. The van der Waals surface area contributed by atoms with Crippen molar-refractivity contribution in [1.29, 1.82) is 5.26 Å². The van der Waals surface area contributed by atoms with Crippen molar-refractivity contribution in [2.75, 3.05) is 7.11 Å². The summed E-state index contributed by atoms with van der Waals surface area (Å²) in [5, 5.41) is 8.95. The van der Waals surface area contributed by atoms with Gasteiger partial charge >= 0.3 is 0 Å². The van der Waals surface area contributed by atoms with Crippen molar-refractivity contribution in [3.8, 4) is 11.9 Å². The number of rotatable bonds is 1. The number of aromatic nitrogens is 1. The van der Waals surface area contributed by atoms with Gasteiger partial charge in [-0.2, -0.15) is 5.26 Å². The molecule has 1 aromatic rings. The molecule has 0 amide bonds. The Bertz CT molecular complexity index is 407. The van der Waals surface area contributed by atoms with E-state index >= 15 is 0 Å². The summed E-state index contributed by atoms with van der Waals surface area (Å²) in [7, 11) is 1.56. The van der Waals surface area contributed by atoms with Crippen LogP contribution in [0, 0.1) is 11.3 Å². The van der Waals surface area contributed by atoms with Gasteiger partial charge in [0.05, 0.1) is 7.11 Å². The van der Waals surface area contributed by atoms with E-state index in [1.165, 1.54) is 24.8 Å². The largest absolute Gasteiger partial charge is 0.480 e. The zero-order valence-electron chi connectivity index (χ0n) is 8.92. The van der Waals surface area contributed by atoms with Crippen molar-refractivity contribution in [3.63, 3.8) is 0 Å². The van der Waals surface area contributed by atoms with Crippen molar-refractivity contribution in [2.24, 2.45) is 0 Å². The minimum atomic E-state index is 0.471. The first-order valence-corrected chi connectivity index (χ1v) is 5.32. The van der Waals surface area contributed by atoms with E-state index in [0.29, 0.717) is 11.4 Å². The van der Waals surface area contributed by atoms with Crippen LogP contribution in [0.25, 0.3) is 0 Å². The predicted molar refractivity (Wildman–Crippen MR) is 56.8 cm³/mol. The Morgan fingerprint density at radius 3 is 2.87 bits per heavy atom. The highest BCUT2D eigenvalue weighted by atomic mass is 16.5. The van der Waals surface area contributed by atoms with Crippen molar-refractivity contribution in [2.45, 2.75) is 32.1 Å². The maximum Gasteiger partial charge on any atom is 0.231 e. The van der Waals surface area contributed by atoms with Crippen LogP contribution in [0.3, 0.4) is 0 Å². The van der Waals surface area contributed by atoms with E-state index in [1.807, 2.05) is 6.07 Å². The number of methoxy groups -OCH3 is 1. The van der Waals surface area contributed by atoms with E-state index < -0.39 is 0 Å². The Hall–Kier alpha value is -1.56. The highest BCUT2D eigenvalue weighted by Crippen LogP contribution is 2.24. The smallest absolute Gasteiger partial charge is 0.231 e. The fourth-order valence-electron chi connectivity index (χ4n) is 2.03.